The van der Waals surface area contributed by atoms with Gasteiger partial charge >= 0.3 is 0 Å². The third-order valence-electron chi connectivity index (χ3n) is 3.58. The van der Waals surface area contributed by atoms with Gasteiger partial charge in [-0.1, -0.05) is 30.3 Å². The predicted molar refractivity (Wildman–Crippen MR) is 103 cm³/mol. The van der Waals surface area contributed by atoms with E-state index in [0.29, 0.717) is 24.0 Å². The summed E-state index contributed by atoms with van der Waals surface area (Å²) >= 11 is 5.20. The fourth-order valence-electron chi connectivity index (χ4n) is 2.20. The molecule has 0 spiro atoms. The third kappa shape index (κ3) is 6.48. The summed E-state index contributed by atoms with van der Waals surface area (Å²) in [5.74, 6) is 0. The molecule has 0 aliphatic heterocycles. The molecule has 0 aliphatic rings. The van der Waals surface area contributed by atoms with Gasteiger partial charge in [-0.25, -0.2) is 0 Å². The van der Waals surface area contributed by atoms with Crippen LogP contribution >= 0.6 is 12.2 Å². The third-order valence-corrected chi connectivity index (χ3v) is 3.83. The van der Waals surface area contributed by atoms with E-state index in [4.69, 9.17) is 17.0 Å². The Morgan fingerprint density at radius 1 is 1.20 bits per heavy atom. The minimum Gasteiger partial charge on any atom is -0.374 e. The van der Waals surface area contributed by atoms with Crippen molar-refractivity contribution in [2.24, 2.45) is 0 Å². The maximum absolute atomic E-state index is 10.6. The van der Waals surface area contributed by atoms with Gasteiger partial charge in [0, 0.05) is 31.0 Å². The van der Waals surface area contributed by atoms with Gasteiger partial charge in [0.1, 0.15) is 0 Å². The largest absolute Gasteiger partial charge is 0.374 e. The molecule has 2 rings (SSSR count). The summed E-state index contributed by atoms with van der Waals surface area (Å²) in [6.07, 6.45) is 0.880. The first-order valence-corrected chi connectivity index (χ1v) is 8.43. The molecule has 0 unspecified atom stereocenters. The van der Waals surface area contributed by atoms with E-state index in [1.54, 1.807) is 12.1 Å². The second-order valence-electron chi connectivity index (χ2n) is 5.46. The van der Waals surface area contributed by atoms with Gasteiger partial charge < -0.3 is 15.4 Å². The minimum absolute atomic E-state index is 0.0501. The van der Waals surface area contributed by atoms with Crippen LogP contribution in [0.25, 0.3) is 0 Å². The van der Waals surface area contributed by atoms with Gasteiger partial charge in [-0.2, -0.15) is 0 Å². The van der Waals surface area contributed by atoms with Crippen molar-refractivity contribution in [3.63, 3.8) is 0 Å². The maximum Gasteiger partial charge on any atom is 0.269 e. The Kier molecular flexibility index (Phi) is 7.31. The van der Waals surface area contributed by atoms with Gasteiger partial charge in [-0.3, -0.25) is 10.1 Å². The van der Waals surface area contributed by atoms with Crippen LogP contribution in [-0.2, 0) is 4.74 Å². The van der Waals surface area contributed by atoms with Gasteiger partial charge in [0.05, 0.1) is 11.0 Å². The van der Waals surface area contributed by atoms with Crippen molar-refractivity contribution in [2.45, 2.75) is 19.4 Å². The van der Waals surface area contributed by atoms with Crippen LogP contribution in [0.3, 0.4) is 0 Å². The van der Waals surface area contributed by atoms with Gasteiger partial charge in [-0.05, 0) is 43.3 Å². The zero-order valence-electron chi connectivity index (χ0n) is 14.0. The fraction of sp³-hybridized carbons (Fsp3) is 0.278. The summed E-state index contributed by atoms with van der Waals surface area (Å²) in [6, 6.07) is 16.2. The van der Waals surface area contributed by atoms with E-state index in [0.717, 1.165) is 12.0 Å². The smallest absolute Gasteiger partial charge is 0.269 e. The monoisotopic (exact) mass is 359 g/mol. The molecule has 0 radical (unpaired) electrons. The maximum atomic E-state index is 10.6. The highest BCUT2D eigenvalue weighted by Crippen LogP contribution is 2.16. The molecule has 25 heavy (non-hydrogen) atoms. The number of non-ortho nitro benzene ring substituents is 1. The lowest BCUT2D eigenvalue weighted by Gasteiger charge is -2.14. The number of thiocarbonyl (C=S) groups is 1. The zero-order valence-corrected chi connectivity index (χ0v) is 14.8. The average molecular weight is 359 g/mol. The summed E-state index contributed by atoms with van der Waals surface area (Å²) < 4.78 is 5.80. The van der Waals surface area contributed by atoms with Crippen LogP contribution in [0.2, 0.25) is 0 Å². The first kappa shape index (κ1) is 18.8. The Morgan fingerprint density at radius 2 is 1.88 bits per heavy atom. The van der Waals surface area contributed by atoms with Crippen LogP contribution in [0.4, 0.5) is 11.4 Å². The number of nitro groups is 1. The molecule has 0 aromatic heterocycles. The first-order chi connectivity index (χ1) is 12.1. The Morgan fingerprint density at radius 3 is 2.52 bits per heavy atom. The minimum atomic E-state index is -0.434. The van der Waals surface area contributed by atoms with Crippen molar-refractivity contribution in [1.82, 2.24) is 5.32 Å². The molecule has 6 nitrogen and oxygen atoms in total. The molecule has 0 fully saturated rings. The number of anilines is 1. The van der Waals surface area contributed by atoms with Gasteiger partial charge in [0.2, 0.25) is 0 Å². The van der Waals surface area contributed by atoms with Crippen LogP contribution in [0.15, 0.2) is 54.6 Å². The summed E-state index contributed by atoms with van der Waals surface area (Å²) in [6.45, 7) is 3.34. The second kappa shape index (κ2) is 9.71. The summed E-state index contributed by atoms with van der Waals surface area (Å²) in [5.41, 5.74) is 1.91. The number of benzene rings is 2. The van der Waals surface area contributed by atoms with Crippen LogP contribution in [0.1, 0.15) is 25.0 Å². The van der Waals surface area contributed by atoms with Crippen LogP contribution in [0.5, 0.6) is 0 Å². The highest BCUT2D eigenvalue weighted by atomic mass is 32.1. The molecular formula is C18H21N3O3S. The summed E-state index contributed by atoms with van der Waals surface area (Å²) in [4.78, 5) is 10.2. The van der Waals surface area contributed by atoms with E-state index >= 15 is 0 Å². The molecule has 0 aliphatic carbocycles. The molecule has 7 heteroatoms. The lowest BCUT2D eigenvalue weighted by Crippen LogP contribution is -2.29. The Labute approximate surface area is 152 Å². The number of ether oxygens (including phenoxy) is 1. The van der Waals surface area contributed by atoms with E-state index in [1.807, 2.05) is 37.3 Å². The summed E-state index contributed by atoms with van der Waals surface area (Å²) in [7, 11) is 0. The lowest BCUT2D eigenvalue weighted by atomic mass is 10.1. The number of rotatable bonds is 8. The van der Waals surface area contributed by atoms with E-state index in [-0.39, 0.29) is 11.8 Å². The molecule has 0 heterocycles. The molecule has 0 saturated carbocycles. The van der Waals surface area contributed by atoms with Crippen molar-refractivity contribution in [2.75, 3.05) is 18.5 Å². The molecule has 0 saturated heterocycles. The van der Waals surface area contributed by atoms with Gasteiger partial charge in [0.25, 0.3) is 5.69 Å². The standard InChI is InChI=1S/C18H21N3O3S/c1-14(15-6-3-2-4-7-15)24-13-5-12-19-18(25)20-16-8-10-17(11-9-16)21(22)23/h2-4,6-11,14H,5,12-13H2,1H3,(H2,19,20,25)/t14-/m1/s1. The predicted octanol–water partition coefficient (Wildman–Crippen LogP) is 4.05. The molecule has 132 valence electrons. The number of nitrogens with zero attached hydrogens (tertiary/aromatic N) is 1. The van der Waals surface area contributed by atoms with Crippen molar-refractivity contribution >= 4 is 28.7 Å². The van der Waals surface area contributed by atoms with Crippen LogP contribution < -0.4 is 10.6 Å². The topological polar surface area (TPSA) is 76.4 Å². The van der Waals surface area contributed by atoms with E-state index in [2.05, 4.69) is 10.6 Å². The number of hydrogen-bond donors (Lipinski definition) is 2. The van der Waals surface area contributed by atoms with Crippen molar-refractivity contribution in [1.29, 1.82) is 0 Å². The van der Waals surface area contributed by atoms with Gasteiger partial charge in [0.15, 0.2) is 5.11 Å². The number of nitrogens with one attached hydrogen (secondary N) is 2. The molecular weight excluding hydrogens is 338 g/mol. The van der Waals surface area contributed by atoms with Crippen molar-refractivity contribution in [3.05, 3.63) is 70.3 Å². The Hall–Kier alpha value is -2.51. The Balaban J connectivity index is 1.63. The first-order valence-electron chi connectivity index (χ1n) is 8.02. The highest BCUT2D eigenvalue weighted by molar-refractivity contribution is 7.80. The molecule has 0 amide bonds. The van der Waals surface area contributed by atoms with Crippen molar-refractivity contribution in [3.8, 4) is 0 Å². The number of hydrogen-bond acceptors (Lipinski definition) is 4. The molecule has 2 N–H and O–H groups in total. The highest BCUT2D eigenvalue weighted by Gasteiger charge is 2.06. The molecule has 2 aromatic carbocycles. The quantitative estimate of drug-likeness (QED) is 0.320. The van der Waals surface area contributed by atoms with E-state index < -0.39 is 4.92 Å². The SMILES string of the molecule is C[C@@H](OCCCNC(=S)Nc1ccc([N+](=O)[O-])cc1)c1ccccc1. The van der Waals surface area contributed by atoms with Crippen LogP contribution in [0, 0.1) is 10.1 Å². The van der Waals surface area contributed by atoms with E-state index in [1.165, 1.54) is 12.1 Å². The molecule has 0 bridgehead atoms. The molecule has 2 aromatic rings. The van der Waals surface area contributed by atoms with E-state index in [9.17, 15) is 10.1 Å². The number of nitro benzene ring substituents is 1. The molecule has 1 atom stereocenters. The summed E-state index contributed by atoms with van der Waals surface area (Å²) in [5, 5.41) is 17.2. The van der Waals surface area contributed by atoms with Crippen LogP contribution in [-0.4, -0.2) is 23.2 Å². The van der Waals surface area contributed by atoms with Gasteiger partial charge in [-0.15, -0.1) is 0 Å². The van der Waals surface area contributed by atoms with Crippen molar-refractivity contribution < 1.29 is 9.66 Å². The lowest BCUT2D eigenvalue weighted by molar-refractivity contribution is -0.384. The normalized spacial score (nSPS) is 11.6. The average Bonchev–Trinajstić information content (AvgIpc) is 2.62. The fourth-order valence-corrected chi connectivity index (χ4v) is 2.42. The zero-order chi connectivity index (χ0) is 18.1. The second-order valence-corrected chi connectivity index (χ2v) is 5.87. The Bertz CT molecular complexity index is 692.